The van der Waals surface area contributed by atoms with Gasteiger partial charge >= 0.3 is 0 Å². The SMILES string of the molecule is Cc1c(C#N)ccc2[nH][c]nc12. The van der Waals surface area contributed by atoms with E-state index in [4.69, 9.17) is 5.26 Å². The molecule has 1 heterocycles. The fourth-order valence-electron chi connectivity index (χ4n) is 1.21. The van der Waals surface area contributed by atoms with Crippen LogP contribution in [0.3, 0.4) is 0 Å². The van der Waals surface area contributed by atoms with E-state index in [1.165, 1.54) is 0 Å². The van der Waals surface area contributed by atoms with Gasteiger partial charge in [-0.25, -0.2) is 4.98 Å². The van der Waals surface area contributed by atoms with E-state index in [2.05, 4.69) is 22.4 Å². The van der Waals surface area contributed by atoms with Crippen LogP contribution in [0.1, 0.15) is 11.1 Å². The molecular weight excluding hydrogens is 150 g/mol. The summed E-state index contributed by atoms with van der Waals surface area (Å²) in [6, 6.07) is 5.73. The standard InChI is InChI=1S/C9H6N3/c1-6-7(4-10)2-3-8-9(6)12-5-11-8/h2-3H,1H3,(H,11,12). The molecular formula is C9H6N3. The highest BCUT2D eigenvalue weighted by Crippen LogP contribution is 2.16. The van der Waals surface area contributed by atoms with Crippen LogP contribution in [0.5, 0.6) is 0 Å². The van der Waals surface area contributed by atoms with Crippen molar-refractivity contribution < 1.29 is 0 Å². The third kappa shape index (κ3) is 0.785. The van der Waals surface area contributed by atoms with Crippen molar-refractivity contribution in [1.29, 1.82) is 5.26 Å². The van der Waals surface area contributed by atoms with Gasteiger partial charge in [-0.15, -0.1) is 0 Å². The molecule has 0 atom stereocenters. The van der Waals surface area contributed by atoms with Crippen LogP contribution in [-0.4, -0.2) is 9.97 Å². The van der Waals surface area contributed by atoms with E-state index in [9.17, 15) is 0 Å². The van der Waals surface area contributed by atoms with Crippen molar-refractivity contribution >= 4 is 11.0 Å². The Morgan fingerprint density at radius 2 is 2.42 bits per heavy atom. The van der Waals surface area contributed by atoms with Gasteiger partial charge in [0, 0.05) is 0 Å². The predicted molar refractivity (Wildman–Crippen MR) is 44.4 cm³/mol. The lowest BCUT2D eigenvalue weighted by Gasteiger charge is -1.95. The predicted octanol–water partition coefficient (Wildman–Crippen LogP) is 1.54. The van der Waals surface area contributed by atoms with Crippen LogP contribution in [-0.2, 0) is 0 Å². The molecule has 1 radical (unpaired) electrons. The Hall–Kier alpha value is -1.82. The fraction of sp³-hybridized carbons (Fsp3) is 0.111. The number of rotatable bonds is 0. The maximum absolute atomic E-state index is 8.72. The smallest absolute Gasteiger partial charge is 0.174 e. The molecule has 0 saturated heterocycles. The van der Waals surface area contributed by atoms with Crippen molar-refractivity contribution in [3.8, 4) is 6.07 Å². The molecule has 0 spiro atoms. The molecule has 0 saturated carbocycles. The molecule has 3 nitrogen and oxygen atoms in total. The number of aromatic amines is 1. The third-order valence-electron chi connectivity index (χ3n) is 1.91. The van der Waals surface area contributed by atoms with Crippen molar-refractivity contribution in [3.63, 3.8) is 0 Å². The zero-order valence-corrected chi connectivity index (χ0v) is 6.55. The minimum absolute atomic E-state index is 0.669. The van der Waals surface area contributed by atoms with Crippen LogP contribution in [0, 0.1) is 24.6 Å². The van der Waals surface area contributed by atoms with E-state index >= 15 is 0 Å². The summed E-state index contributed by atoms with van der Waals surface area (Å²) in [5.74, 6) is 0. The Kier molecular flexibility index (Phi) is 1.34. The first-order chi connectivity index (χ1) is 5.83. The average molecular weight is 156 g/mol. The van der Waals surface area contributed by atoms with E-state index in [1.807, 2.05) is 13.0 Å². The number of imidazole rings is 1. The van der Waals surface area contributed by atoms with Crippen molar-refractivity contribution in [2.75, 3.05) is 0 Å². The Bertz CT molecular complexity index is 462. The van der Waals surface area contributed by atoms with Gasteiger partial charge in [-0.05, 0) is 24.6 Å². The minimum atomic E-state index is 0.669. The second kappa shape index (κ2) is 2.35. The Labute approximate surface area is 69.7 Å². The fourth-order valence-corrected chi connectivity index (χ4v) is 1.21. The number of hydrogen-bond donors (Lipinski definition) is 1. The minimum Gasteiger partial charge on any atom is -0.335 e. The van der Waals surface area contributed by atoms with Crippen molar-refractivity contribution in [1.82, 2.24) is 9.97 Å². The summed E-state index contributed by atoms with van der Waals surface area (Å²) in [5.41, 5.74) is 3.33. The lowest BCUT2D eigenvalue weighted by atomic mass is 10.1. The quantitative estimate of drug-likeness (QED) is 0.629. The van der Waals surface area contributed by atoms with Crippen LogP contribution in [0.15, 0.2) is 12.1 Å². The van der Waals surface area contributed by atoms with Crippen LogP contribution in [0.25, 0.3) is 11.0 Å². The summed E-state index contributed by atoms with van der Waals surface area (Å²) in [7, 11) is 0. The van der Waals surface area contributed by atoms with Crippen LogP contribution < -0.4 is 0 Å². The largest absolute Gasteiger partial charge is 0.335 e. The first-order valence-electron chi connectivity index (χ1n) is 3.58. The number of nitriles is 1. The number of nitrogens with zero attached hydrogens (tertiary/aromatic N) is 2. The van der Waals surface area contributed by atoms with Gasteiger partial charge in [-0.2, -0.15) is 5.26 Å². The van der Waals surface area contributed by atoms with E-state index in [-0.39, 0.29) is 0 Å². The lowest BCUT2D eigenvalue weighted by molar-refractivity contribution is 1.31. The molecule has 1 N–H and O–H groups in total. The van der Waals surface area contributed by atoms with Gasteiger partial charge in [0.15, 0.2) is 6.33 Å². The molecule has 0 fully saturated rings. The van der Waals surface area contributed by atoms with Crippen molar-refractivity contribution in [2.24, 2.45) is 0 Å². The maximum atomic E-state index is 8.72. The van der Waals surface area contributed by atoms with Gasteiger partial charge in [0.05, 0.1) is 22.7 Å². The molecule has 0 bridgehead atoms. The Morgan fingerprint density at radius 3 is 3.17 bits per heavy atom. The van der Waals surface area contributed by atoms with Crippen LogP contribution >= 0.6 is 0 Å². The molecule has 1 aromatic heterocycles. The summed E-state index contributed by atoms with van der Waals surface area (Å²) in [6.07, 6.45) is 2.65. The second-order valence-electron chi connectivity index (χ2n) is 2.59. The zero-order valence-electron chi connectivity index (χ0n) is 6.55. The van der Waals surface area contributed by atoms with E-state index in [0.29, 0.717) is 5.56 Å². The third-order valence-corrected chi connectivity index (χ3v) is 1.91. The van der Waals surface area contributed by atoms with Crippen molar-refractivity contribution in [3.05, 3.63) is 29.6 Å². The molecule has 57 valence electrons. The van der Waals surface area contributed by atoms with Crippen LogP contribution in [0.2, 0.25) is 0 Å². The molecule has 3 heteroatoms. The summed E-state index contributed by atoms with van der Waals surface area (Å²) in [6.45, 7) is 1.88. The summed E-state index contributed by atoms with van der Waals surface area (Å²) >= 11 is 0. The number of H-pyrrole nitrogens is 1. The van der Waals surface area contributed by atoms with Gasteiger partial charge in [-0.3, -0.25) is 0 Å². The number of fused-ring (bicyclic) bond motifs is 1. The van der Waals surface area contributed by atoms with E-state index < -0.39 is 0 Å². The van der Waals surface area contributed by atoms with Gasteiger partial charge in [0.25, 0.3) is 0 Å². The summed E-state index contributed by atoms with van der Waals surface area (Å²) in [5, 5.41) is 8.72. The number of hydrogen-bond acceptors (Lipinski definition) is 2. The number of aromatic nitrogens is 2. The maximum Gasteiger partial charge on any atom is 0.174 e. The van der Waals surface area contributed by atoms with Gasteiger partial charge < -0.3 is 4.98 Å². The number of benzene rings is 1. The molecule has 12 heavy (non-hydrogen) atoms. The topological polar surface area (TPSA) is 52.5 Å². The molecule has 0 aliphatic rings. The van der Waals surface area contributed by atoms with Gasteiger partial charge in [-0.1, -0.05) is 0 Å². The van der Waals surface area contributed by atoms with Crippen molar-refractivity contribution in [2.45, 2.75) is 6.92 Å². The second-order valence-corrected chi connectivity index (χ2v) is 2.59. The Balaban J connectivity index is 2.89. The molecule has 0 unspecified atom stereocenters. The average Bonchev–Trinajstić information content (AvgIpc) is 2.53. The van der Waals surface area contributed by atoms with E-state index in [1.54, 1.807) is 6.07 Å². The highest BCUT2D eigenvalue weighted by Gasteiger charge is 2.03. The summed E-state index contributed by atoms with van der Waals surface area (Å²) in [4.78, 5) is 6.86. The highest BCUT2D eigenvalue weighted by atomic mass is 14.9. The molecule has 0 aliphatic carbocycles. The lowest BCUT2D eigenvalue weighted by Crippen LogP contribution is -1.83. The summed E-state index contributed by atoms with van der Waals surface area (Å²) < 4.78 is 0. The highest BCUT2D eigenvalue weighted by molar-refractivity contribution is 5.80. The number of nitrogens with one attached hydrogen (secondary N) is 1. The normalized spacial score (nSPS) is 10.0. The molecule has 1 aromatic carbocycles. The number of aryl methyl sites for hydroxylation is 1. The molecule has 0 aliphatic heterocycles. The first kappa shape index (κ1) is 6.86. The molecule has 2 aromatic rings. The van der Waals surface area contributed by atoms with Crippen LogP contribution in [0.4, 0.5) is 0 Å². The first-order valence-corrected chi connectivity index (χ1v) is 3.58. The van der Waals surface area contributed by atoms with Gasteiger partial charge in [0.1, 0.15) is 0 Å². The Morgan fingerprint density at radius 1 is 1.58 bits per heavy atom. The molecule has 0 amide bonds. The van der Waals surface area contributed by atoms with Gasteiger partial charge in [0.2, 0.25) is 0 Å². The van der Waals surface area contributed by atoms with E-state index in [0.717, 1.165) is 16.6 Å². The monoisotopic (exact) mass is 156 g/mol. The zero-order chi connectivity index (χ0) is 8.55. The molecule has 2 rings (SSSR count).